The number of hydrogen-bond donors (Lipinski definition) is 0. The van der Waals surface area contributed by atoms with Gasteiger partial charge < -0.3 is 18.1 Å². The summed E-state index contributed by atoms with van der Waals surface area (Å²) < 4.78 is 21.3. The third-order valence-corrected chi connectivity index (χ3v) is 4.43. The second-order valence-electron chi connectivity index (χ2n) is 5.29. The molecule has 132 valence electrons. The van der Waals surface area contributed by atoms with Gasteiger partial charge in [0.15, 0.2) is 0 Å². The van der Waals surface area contributed by atoms with Crippen molar-refractivity contribution in [3.8, 4) is 28.6 Å². The molecule has 0 amide bonds. The van der Waals surface area contributed by atoms with Crippen LogP contribution in [0.4, 0.5) is 0 Å². The normalized spacial score (nSPS) is 11.0. The molecule has 0 fully saturated rings. The zero-order valence-corrected chi connectivity index (χ0v) is 14.8. The van der Waals surface area contributed by atoms with E-state index in [4.69, 9.17) is 18.1 Å². The Morgan fingerprint density at radius 1 is 1.12 bits per heavy atom. The number of thioether (sulfide) groups is 1. The van der Waals surface area contributed by atoms with Crippen molar-refractivity contribution in [1.82, 2.24) is 20.3 Å². The van der Waals surface area contributed by atoms with E-state index in [1.54, 1.807) is 19.4 Å². The average molecular weight is 370 g/mol. The first-order valence-electron chi connectivity index (χ1n) is 7.70. The molecule has 4 rings (SSSR count). The van der Waals surface area contributed by atoms with Crippen molar-refractivity contribution >= 4 is 11.8 Å². The fraction of sp³-hybridized carbons (Fsp3) is 0.176. The molecule has 0 bridgehead atoms. The molecule has 0 atom stereocenters. The van der Waals surface area contributed by atoms with Gasteiger partial charge in [-0.05, 0) is 37.3 Å². The fourth-order valence-electron chi connectivity index (χ4n) is 2.28. The SMILES string of the molecule is COc1ccc(-c2noc(CSc3nnc(-c4ccoc4C)o3)n2)cc1. The van der Waals surface area contributed by atoms with Crippen molar-refractivity contribution in [2.75, 3.05) is 7.11 Å². The van der Waals surface area contributed by atoms with Crippen LogP contribution in [0.1, 0.15) is 11.7 Å². The van der Waals surface area contributed by atoms with Gasteiger partial charge in [-0.3, -0.25) is 0 Å². The lowest BCUT2D eigenvalue weighted by molar-refractivity contribution is 0.390. The minimum atomic E-state index is 0.420. The minimum Gasteiger partial charge on any atom is -0.497 e. The van der Waals surface area contributed by atoms with Gasteiger partial charge in [0.1, 0.15) is 11.5 Å². The third kappa shape index (κ3) is 3.33. The highest BCUT2D eigenvalue weighted by Crippen LogP contribution is 2.28. The number of hydrogen-bond acceptors (Lipinski definition) is 9. The number of methoxy groups -OCH3 is 1. The fourth-order valence-corrected chi connectivity index (χ4v) is 2.88. The van der Waals surface area contributed by atoms with Crippen LogP contribution in [0.25, 0.3) is 22.8 Å². The van der Waals surface area contributed by atoms with E-state index in [2.05, 4.69) is 20.3 Å². The van der Waals surface area contributed by atoms with Crippen molar-refractivity contribution in [2.24, 2.45) is 0 Å². The Balaban J connectivity index is 1.42. The number of benzene rings is 1. The standard InChI is InChI=1S/C17H14N4O4S/c1-10-13(7-8-23-10)16-19-20-17(24-16)26-9-14-18-15(21-25-14)11-3-5-12(22-2)6-4-11/h3-8H,9H2,1-2H3. The quantitative estimate of drug-likeness (QED) is 0.466. The van der Waals surface area contributed by atoms with Crippen LogP contribution in [0.15, 0.2) is 55.2 Å². The summed E-state index contributed by atoms with van der Waals surface area (Å²) in [6.07, 6.45) is 1.58. The maximum atomic E-state index is 5.62. The third-order valence-electron chi connectivity index (χ3n) is 3.63. The van der Waals surface area contributed by atoms with Gasteiger partial charge in [0.25, 0.3) is 11.1 Å². The zero-order chi connectivity index (χ0) is 17.9. The molecular weight excluding hydrogens is 356 g/mol. The highest BCUT2D eigenvalue weighted by molar-refractivity contribution is 7.98. The number of ether oxygens (including phenoxy) is 1. The summed E-state index contributed by atoms with van der Waals surface area (Å²) >= 11 is 1.32. The van der Waals surface area contributed by atoms with Crippen LogP contribution in [0.2, 0.25) is 0 Å². The predicted molar refractivity (Wildman–Crippen MR) is 92.6 cm³/mol. The smallest absolute Gasteiger partial charge is 0.277 e. The van der Waals surface area contributed by atoms with Gasteiger partial charge in [0, 0.05) is 5.56 Å². The highest BCUT2D eigenvalue weighted by atomic mass is 32.2. The first-order valence-corrected chi connectivity index (χ1v) is 8.69. The van der Waals surface area contributed by atoms with Crippen LogP contribution >= 0.6 is 11.8 Å². The largest absolute Gasteiger partial charge is 0.497 e. The maximum absolute atomic E-state index is 5.62. The zero-order valence-electron chi connectivity index (χ0n) is 14.0. The number of nitrogens with zero attached hydrogens (tertiary/aromatic N) is 4. The number of rotatable bonds is 6. The molecule has 9 heteroatoms. The van der Waals surface area contributed by atoms with E-state index < -0.39 is 0 Å². The van der Waals surface area contributed by atoms with E-state index >= 15 is 0 Å². The molecule has 0 saturated carbocycles. The number of aromatic nitrogens is 4. The van der Waals surface area contributed by atoms with E-state index in [9.17, 15) is 0 Å². The van der Waals surface area contributed by atoms with Gasteiger partial charge in [-0.2, -0.15) is 4.98 Å². The summed E-state index contributed by atoms with van der Waals surface area (Å²) in [5.41, 5.74) is 1.63. The van der Waals surface area contributed by atoms with Crippen LogP contribution in [0, 0.1) is 6.92 Å². The molecule has 4 aromatic rings. The Morgan fingerprint density at radius 3 is 2.69 bits per heavy atom. The summed E-state index contributed by atoms with van der Waals surface area (Å²) in [7, 11) is 1.62. The minimum absolute atomic E-state index is 0.420. The molecule has 0 spiro atoms. The van der Waals surface area contributed by atoms with Crippen LogP contribution < -0.4 is 4.74 Å². The molecule has 0 aliphatic carbocycles. The van der Waals surface area contributed by atoms with Crippen molar-refractivity contribution < 1.29 is 18.1 Å². The average Bonchev–Trinajstić information content (AvgIpc) is 3.40. The van der Waals surface area contributed by atoms with Crippen LogP contribution in [0.5, 0.6) is 5.75 Å². The molecule has 26 heavy (non-hydrogen) atoms. The van der Waals surface area contributed by atoms with Gasteiger partial charge in [-0.15, -0.1) is 10.2 Å². The van der Waals surface area contributed by atoms with Crippen molar-refractivity contribution in [2.45, 2.75) is 17.9 Å². The second kappa shape index (κ2) is 7.04. The van der Waals surface area contributed by atoms with Crippen LogP contribution in [-0.2, 0) is 5.75 Å². The Morgan fingerprint density at radius 2 is 1.96 bits per heavy atom. The molecule has 0 N–H and O–H groups in total. The van der Waals surface area contributed by atoms with Crippen molar-refractivity contribution in [3.63, 3.8) is 0 Å². The maximum Gasteiger partial charge on any atom is 0.277 e. The van der Waals surface area contributed by atoms with Gasteiger partial charge >= 0.3 is 0 Å². The molecule has 0 aliphatic heterocycles. The summed E-state index contributed by atoms with van der Waals surface area (Å²) in [5.74, 6) is 3.33. The van der Waals surface area contributed by atoms with Crippen LogP contribution in [-0.4, -0.2) is 27.4 Å². The molecule has 0 aliphatic rings. The second-order valence-corrected chi connectivity index (χ2v) is 6.22. The van der Waals surface area contributed by atoms with Crippen molar-refractivity contribution in [1.29, 1.82) is 0 Å². The molecule has 0 radical (unpaired) electrons. The monoisotopic (exact) mass is 370 g/mol. The molecule has 3 heterocycles. The molecule has 3 aromatic heterocycles. The summed E-state index contributed by atoms with van der Waals surface area (Å²) in [6, 6.07) is 9.22. The lowest BCUT2D eigenvalue weighted by Crippen LogP contribution is -1.85. The summed E-state index contributed by atoms with van der Waals surface area (Å²) in [5, 5.41) is 12.5. The van der Waals surface area contributed by atoms with Gasteiger partial charge in [-0.1, -0.05) is 16.9 Å². The van der Waals surface area contributed by atoms with Gasteiger partial charge in [0.05, 0.1) is 24.7 Å². The van der Waals surface area contributed by atoms with Crippen LogP contribution in [0.3, 0.4) is 0 Å². The van der Waals surface area contributed by atoms with Gasteiger partial charge in [-0.25, -0.2) is 0 Å². The summed E-state index contributed by atoms with van der Waals surface area (Å²) in [6.45, 7) is 1.84. The van der Waals surface area contributed by atoms with E-state index in [1.165, 1.54) is 11.8 Å². The Kier molecular flexibility index (Phi) is 4.44. The Hall–Kier alpha value is -3.07. The topological polar surface area (TPSA) is 100 Å². The summed E-state index contributed by atoms with van der Waals surface area (Å²) in [4.78, 5) is 4.38. The Bertz CT molecular complexity index is 1010. The van der Waals surface area contributed by atoms with Gasteiger partial charge in [0.2, 0.25) is 11.7 Å². The van der Waals surface area contributed by atoms with E-state index in [0.717, 1.165) is 22.6 Å². The lowest BCUT2D eigenvalue weighted by atomic mass is 10.2. The molecule has 8 nitrogen and oxygen atoms in total. The van der Waals surface area contributed by atoms with E-state index in [-0.39, 0.29) is 0 Å². The molecular formula is C17H14N4O4S. The number of furan rings is 1. The van der Waals surface area contributed by atoms with Crippen molar-refractivity contribution in [3.05, 3.63) is 48.2 Å². The molecule has 0 unspecified atom stereocenters. The predicted octanol–water partition coefficient (Wildman–Crippen LogP) is 3.99. The first-order chi connectivity index (χ1) is 12.7. The number of aryl methyl sites for hydroxylation is 1. The van der Waals surface area contributed by atoms with E-state index in [1.807, 2.05) is 31.2 Å². The van der Waals surface area contributed by atoms with E-state index in [0.29, 0.717) is 28.6 Å². The molecule has 0 saturated heterocycles. The molecule has 1 aromatic carbocycles. The Labute approximate surface area is 152 Å². The lowest BCUT2D eigenvalue weighted by Gasteiger charge is -1.98. The first kappa shape index (κ1) is 16.4. The highest BCUT2D eigenvalue weighted by Gasteiger charge is 2.15.